The second-order valence-electron chi connectivity index (χ2n) is 5.90. The van der Waals surface area contributed by atoms with Crippen LogP contribution in [0.25, 0.3) is 0 Å². The Morgan fingerprint density at radius 2 is 2.05 bits per heavy atom. The summed E-state index contributed by atoms with van der Waals surface area (Å²) >= 11 is 1.36. The molecule has 0 atom stereocenters. The molecule has 0 N–H and O–H groups in total. The third-order valence-electron chi connectivity index (χ3n) is 4.52. The number of hydrogen-bond donors (Lipinski definition) is 0. The Bertz CT molecular complexity index is 535. The summed E-state index contributed by atoms with van der Waals surface area (Å²) in [5.74, 6) is -0.253. The van der Waals surface area contributed by atoms with Crippen LogP contribution in [0, 0.1) is 6.92 Å². The summed E-state index contributed by atoms with van der Waals surface area (Å²) in [6.45, 7) is 4.03. The molecule has 0 aromatic carbocycles. The summed E-state index contributed by atoms with van der Waals surface area (Å²) in [4.78, 5) is 31.4. The van der Waals surface area contributed by atoms with Crippen LogP contribution in [-0.2, 0) is 9.53 Å². The minimum absolute atomic E-state index is 0.0359. The maximum Gasteiger partial charge on any atom is 0.308 e. The average Bonchev–Trinajstić information content (AvgIpc) is 2.93. The molecular weight excluding hydrogens is 300 g/mol. The van der Waals surface area contributed by atoms with Gasteiger partial charge in [-0.3, -0.25) is 9.59 Å². The Morgan fingerprint density at radius 3 is 2.59 bits per heavy atom. The van der Waals surface area contributed by atoms with E-state index in [9.17, 15) is 9.59 Å². The summed E-state index contributed by atoms with van der Waals surface area (Å²) in [6, 6.07) is 0. The molecule has 1 aliphatic rings. The lowest BCUT2D eigenvalue weighted by atomic mass is 9.78. The highest BCUT2D eigenvalue weighted by molar-refractivity contribution is 7.11. The standard InChI is InChI=1S/C16H24N2O3S/c1-4-21-13(19)10-16(8-6-5-7-9-16)18(3)15(20)14-12(2)17-11-22-14/h11H,4-10H2,1-3H3. The topological polar surface area (TPSA) is 59.5 Å². The number of amides is 1. The maximum atomic E-state index is 12.8. The first-order valence-electron chi connectivity index (χ1n) is 7.84. The first-order chi connectivity index (χ1) is 10.5. The van der Waals surface area contributed by atoms with Crippen molar-refractivity contribution in [1.29, 1.82) is 0 Å². The van der Waals surface area contributed by atoms with Crippen LogP contribution in [-0.4, -0.2) is 41.0 Å². The van der Waals surface area contributed by atoms with Gasteiger partial charge in [-0.2, -0.15) is 0 Å². The van der Waals surface area contributed by atoms with E-state index in [4.69, 9.17) is 4.74 Å². The van der Waals surface area contributed by atoms with Gasteiger partial charge in [0, 0.05) is 7.05 Å². The Morgan fingerprint density at radius 1 is 1.36 bits per heavy atom. The van der Waals surface area contributed by atoms with Crippen LogP contribution < -0.4 is 0 Å². The third-order valence-corrected chi connectivity index (χ3v) is 5.44. The fraction of sp³-hybridized carbons (Fsp3) is 0.688. The number of aromatic nitrogens is 1. The van der Waals surface area contributed by atoms with Gasteiger partial charge in [0.05, 0.1) is 29.8 Å². The quantitative estimate of drug-likeness (QED) is 0.781. The first-order valence-corrected chi connectivity index (χ1v) is 8.72. The van der Waals surface area contributed by atoms with E-state index >= 15 is 0 Å². The van der Waals surface area contributed by atoms with E-state index < -0.39 is 5.54 Å². The minimum Gasteiger partial charge on any atom is -0.466 e. The minimum atomic E-state index is -0.419. The lowest BCUT2D eigenvalue weighted by Gasteiger charge is -2.44. The zero-order valence-corrected chi connectivity index (χ0v) is 14.4. The summed E-state index contributed by atoms with van der Waals surface area (Å²) in [7, 11) is 1.81. The summed E-state index contributed by atoms with van der Waals surface area (Å²) < 4.78 is 5.13. The number of hydrogen-bond acceptors (Lipinski definition) is 5. The Kier molecular flexibility index (Phi) is 5.56. The molecule has 22 heavy (non-hydrogen) atoms. The van der Waals surface area contributed by atoms with Crippen molar-refractivity contribution in [2.24, 2.45) is 0 Å². The molecule has 1 amide bonds. The largest absolute Gasteiger partial charge is 0.466 e. The second kappa shape index (κ2) is 7.22. The van der Waals surface area contributed by atoms with Crippen molar-refractivity contribution in [3.63, 3.8) is 0 Å². The lowest BCUT2D eigenvalue weighted by Crippen LogP contribution is -2.52. The van der Waals surface area contributed by atoms with E-state index in [1.165, 1.54) is 11.3 Å². The predicted octanol–water partition coefficient (Wildman–Crippen LogP) is 3.18. The van der Waals surface area contributed by atoms with Crippen LogP contribution in [0.4, 0.5) is 0 Å². The lowest BCUT2D eigenvalue weighted by molar-refractivity contribution is -0.146. The van der Waals surface area contributed by atoms with E-state index in [1.54, 1.807) is 17.3 Å². The molecule has 0 bridgehead atoms. The van der Waals surface area contributed by atoms with E-state index in [0.29, 0.717) is 11.5 Å². The number of esters is 1. The molecule has 0 aliphatic heterocycles. The molecule has 1 aliphatic carbocycles. The Labute approximate surface area is 135 Å². The number of aryl methyl sites for hydroxylation is 1. The van der Waals surface area contributed by atoms with Gasteiger partial charge in [-0.05, 0) is 26.7 Å². The van der Waals surface area contributed by atoms with Crippen molar-refractivity contribution >= 4 is 23.2 Å². The summed E-state index contributed by atoms with van der Waals surface area (Å²) in [6.07, 6.45) is 5.22. The van der Waals surface area contributed by atoms with Crippen LogP contribution >= 0.6 is 11.3 Å². The third kappa shape index (κ3) is 3.48. The van der Waals surface area contributed by atoms with Gasteiger partial charge < -0.3 is 9.64 Å². The van der Waals surface area contributed by atoms with Crippen molar-refractivity contribution in [1.82, 2.24) is 9.88 Å². The zero-order chi connectivity index (χ0) is 16.2. The molecule has 1 heterocycles. The molecule has 0 spiro atoms. The normalized spacial score (nSPS) is 17.0. The van der Waals surface area contributed by atoms with E-state index in [0.717, 1.165) is 37.8 Å². The molecule has 6 heteroatoms. The molecule has 1 fully saturated rings. The van der Waals surface area contributed by atoms with Crippen molar-refractivity contribution in [2.75, 3.05) is 13.7 Å². The van der Waals surface area contributed by atoms with E-state index in [2.05, 4.69) is 4.98 Å². The average molecular weight is 324 g/mol. The molecule has 1 aromatic heterocycles. The van der Waals surface area contributed by atoms with Gasteiger partial charge in [-0.1, -0.05) is 19.3 Å². The van der Waals surface area contributed by atoms with Gasteiger partial charge in [-0.25, -0.2) is 4.98 Å². The molecule has 0 radical (unpaired) electrons. The smallest absolute Gasteiger partial charge is 0.308 e. The van der Waals surface area contributed by atoms with Crippen molar-refractivity contribution in [2.45, 2.75) is 57.9 Å². The molecule has 2 rings (SSSR count). The van der Waals surface area contributed by atoms with Crippen LogP contribution in [0.3, 0.4) is 0 Å². The number of nitrogens with zero attached hydrogens (tertiary/aromatic N) is 2. The van der Waals surface area contributed by atoms with E-state index in [-0.39, 0.29) is 18.3 Å². The molecule has 0 saturated heterocycles. The van der Waals surface area contributed by atoms with Gasteiger partial charge in [0.25, 0.3) is 5.91 Å². The molecule has 0 unspecified atom stereocenters. The molecule has 1 aromatic rings. The number of rotatable bonds is 5. The fourth-order valence-corrected chi connectivity index (χ4v) is 3.97. The van der Waals surface area contributed by atoms with Crippen molar-refractivity contribution < 1.29 is 14.3 Å². The van der Waals surface area contributed by atoms with Gasteiger partial charge in [0.1, 0.15) is 4.88 Å². The summed E-state index contributed by atoms with van der Waals surface area (Å²) in [5, 5.41) is 0. The number of carbonyl (C=O) groups is 2. The van der Waals surface area contributed by atoms with Crippen LogP contribution in [0.1, 0.15) is 60.8 Å². The number of carbonyl (C=O) groups excluding carboxylic acids is 2. The van der Waals surface area contributed by atoms with Gasteiger partial charge >= 0.3 is 5.97 Å². The highest BCUT2D eigenvalue weighted by Gasteiger charge is 2.41. The van der Waals surface area contributed by atoms with Crippen molar-refractivity contribution in [3.8, 4) is 0 Å². The highest BCUT2D eigenvalue weighted by atomic mass is 32.1. The fourth-order valence-electron chi connectivity index (χ4n) is 3.20. The maximum absolute atomic E-state index is 12.8. The SMILES string of the molecule is CCOC(=O)CC1(N(C)C(=O)c2scnc2C)CCCCC1. The molecule has 5 nitrogen and oxygen atoms in total. The number of ether oxygens (including phenoxy) is 1. The first kappa shape index (κ1) is 16.9. The van der Waals surface area contributed by atoms with Crippen LogP contribution in [0.15, 0.2) is 5.51 Å². The summed E-state index contributed by atoms with van der Waals surface area (Å²) in [5.41, 5.74) is 2.02. The monoisotopic (exact) mass is 324 g/mol. The second-order valence-corrected chi connectivity index (χ2v) is 6.75. The molecular formula is C16H24N2O3S. The predicted molar refractivity (Wildman–Crippen MR) is 86.0 cm³/mol. The van der Waals surface area contributed by atoms with Crippen LogP contribution in [0.2, 0.25) is 0 Å². The number of thiazole rings is 1. The van der Waals surface area contributed by atoms with Crippen LogP contribution in [0.5, 0.6) is 0 Å². The molecule has 122 valence electrons. The van der Waals surface area contributed by atoms with E-state index in [1.807, 2.05) is 14.0 Å². The Balaban J connectivity index is 2.22. The Hall–Kier alpha value is -1.43. The van der Waals surface area contributed by atoms with Gasteiger partial charge in [0.2, 0.25) is 0 Å². The van der Waals surface area contributed by atoms with Gasteiger partial charge in [-0.15, -0.1) is 11.3 Å². The van der Waals surface area contributed by atoms with Crippen molar-refractivity contribution in [3.05, 3.63) is 16.1 Å². The highest BCUT2D eigenvalue weighted by Crippen LogP contribution is 2.37. The van der Waals surface area contributed by atoms with Gasteiger partial charge in [0.15, 0.2) is 0 Å². The zero-order valence-electron chi connectivity index (χ0n) is 13.6. The molecule has 1 saturated carbocycles.